The maximum atomic E-state index is 11.4. The molecule has 1 amide bonds. The molecule has 92 valence electrons. The molecule has 0 saturated carbocycles. The van der Waals surface area contributed by atoms with Crippen molar-refractivity contribution < 1.29 is 9.53 Å². The fourth-order valence-corrected chi connectivity index (χ4v) is 2.02. The van der Waals surface area contributed by atoms with Crippen molar-refractivity contribution in [3.05, 3.63) is 24.3 Å². The van der Waals surface area contributed by atoms with E-state index in [2.05, 4.69) is 10.6 Å². The molecule has 17 heavy (non-hydrogen) atoms. The van der Waals surface area contributed by atoms with E-state index in [4.69, 9.17) is 4.74 Å². The third-order valence-electron chi connectivity index (χ3n) is 2.94. The lowest BCUT2D eigenvalue weighted by atomic mass is 10.1. The minimum absolute atomic E-state index is 0.133. The minimum Gasteiger partial charge on any atom is -0.497 e. The number of hydrogen-bond acceptors (Lipinski definition) is 3. The molecule has 1 aliphatic heterocycles. The summed E-state index contributed by atoms with van der Waals surface area (Å²) < 4.78 is 5.10. The molecule has 1 aromatic rings. The van der Waals surface area contributed by atoms with Crippen LogP contribution in [0.4, 0.5) is 5.69 Å². The third-order valence-corrected chi connectivity index (χ3v) is 2.94. The maximum Gasteiger partial charge on any atom is 0.222 e. The van der Waals surface area contributed by atoms with Crippen LogP contribution in [-0.4, -0.2) is 25.6 Å². The molecule has 0 aromatic heterocycles. The normalized spacial score (nSPS) is 20.3. The van der Waals surface area contributed by atoms with Crippen LogP contribution in [0.2, 0.25) is 0 Å². The van der Waals surface area contributed by atoms with Gasteiger partial charge in [-0.3, -0.25) is 4.79 Å². The van der Waals surface area contributed by atoms with Gasteiger partial charge in [0.1, 0.15) is 5.75 Å². The Labute approximate surface area is 101 Å². The highest BCUT2D eigenvalue weighted by atomic mass is 16.5. The standard InChI is InChI=1S/C13H18N2O2/c1-17-12-6-4-10(5-7-12)15-11-3-2-8-14-13(16)9-11/h4-7,11,15H,2-3,8-9H2,1H3,(H,14,16). The summed E-state index contributed by atoms with van der Waals surface area (Å²) in [4.78, 5) is 11.4. The molecule has 4 heteroatoms. The summed E-state index contributed by atoms with van der Waals surface area (Å²) in [6.45, 7) is 0.791. The van der Waals surface area contributed by atoms with Crippen molar-refractivity contribution in [3.8, 4) is 5.75 Å². The zero-order valence-electron chi connectivity index (χ0n) is 10.0. The fraction of sp³-hybridized carbons (Fsp3) is 0.462. The first kappa shape index (κ1) is 11.8. The van der Waals surface area contributed by atoms with Crippen molar-refractivity contribution in [2.45, 2.75) is 25.3 Å². The van der Waals surface area contributed by atoms with Gasteiger partial charge in [0.25, 0.3) is 0 Å². The quantitative estimate of drug-likeness (QED) is 0.838. The molecular formula is C13H18N2O2. The van der Waals surface area contributed by atoms with Gasteiger partial charge in [-0.25, -0.2) is 0 Å². The number of nitrogens with one attached hydrogen (secondary N) is 2. The lowest BCUT2D eigenvalue weighted by Crippen LogP contribution is -2.26. The SMILES string of the molecule is COc1ccc(NC2CCCNC(=O)C2)cc1. The second kappa shape index (κ2) is 5.57. The number of benzene rings is 1. The van der Waals surface area contributed by atoms with Crippen molar-refractivity contribution in [3.63, 3.8) is 0 Å². The van der Waals surface area contributed by atoms with E-state index in [1.54, 1.807) is 7.11 Å². The Balaban J connectivity index is 1.96. The first-order chi connectivity index (χ1) is 8.28. The second-order valence-corrected chi connectivity index (χ2v) is 4.27. The highest BCUT2D eigenvalue weighted by molar-refractivity contribution is 5.77. The van der Waals surface area contributed by atoms with Gasteiger partial charge < -0.3 is 15.4 Å². The second-order valence-electron chi connectivity index (χ2n) is 4.27. The number of carbonyl (C=O) groups is 1. The van der Waals surface area contributed by atoms with Crippen molar-refractivity contribution >= 4 is 11.6 Å². The number of rotatable bonds is 3. The molecular weight excluding hydrogens is 216 g/mol. The molecule has 4 nitrogen and oxygen atoms in total. The average Bonchev–Trinajstić information content (AvgIpc) is 2.55. The summed E-state index contributed by atoms with van der Waals surface area (Å²) >= 11 is 0. The van der Waals surface area contributed by atoms with E-state index in [-0.39, 0.29) is 11.9 Å². The van der Waals surface area contributed by atoms with Gasteiger partial charge in [0.05, 0.1) is 7.11 Å². The molecule has 1 aromatic carbocycles. The van der Waals surface area contributed by atoms with Crippen LogP contribution in [-0.2, 0) is 4.79 Å². The van der Waals surface area contributed by atoms with Crippen LogP contribution in [0.3, 0.4) is 0 Å². The largest absolute Gasteiger partial charge is 0.497 e. The summed E-state index contributed by atoms with van der Waals surface area (Å²) in [6.07, 6.45) is 2.59. The van der Waals surface area contributed by atoms with E-state index in [0.29, 0.717) is 6.42 Å². The average molecular weight is 234 g/mol. The van der Waals surface area contributed by atoms with Crippen LogP contribution < -0.4 is 15.4 Å². The number of methoxy groups -OCH3 is 1. The number of hydrogen-bond donors (Lipinski definition) is 2. The topological polar surface area (TPSA) is 50.4 Å². The van der Waals surface area contributed by atoms with Gasteiger partial charge in [-0.2, -0.15) is 0 Å². The van der Waals surface area contributed by atoms with Gasteiger partial charge in [0.2, 0.25) is 5.91 Å². The van der Waals surface area contributed by atoms with E-state index in [0.717, 1.165) is 30.8 Å². The molecule has 1 atom stereocenters. The van der Waals surface area contributed by atoms with Crippen LogP contribution >= 0.6 is 0 Å². The predicted molar refractivity (Wildman–Crippen MR) is 67.3 cm³/mol. The Morgan fingerprint density at radius 2 is 2.12 bits per heavy atom. The van der Waals surface area contributed by atoms with E-state index < -0.39 is 0 Å². The van der Waals surface area contributed by atoms with Crippen LogP contribution in [0.1, 0.15) is 19.3 Å². The Bertz CT molecular complexity index is 376. The Hall–Kier alpha value is -1.71. The lowest BCUT2D eigenvalue weighted by molar-refractivity contribution is -0.120. The van der Waals surface area contributed by atoms with Crippen LogP contribution in [0.25, 0.3) is 0 Å². The molecule has 2 rings (SSSR count). The molecule has 1 unspecified atom stereocenters. The van der Waals surface area contributed by atoms with Crippen LogP contribution in [0, 0.1) is 0 Å². The molecule has 1 fully saturated rings. The highest BCUT2D eigenvalue weighted by Gasteiger charge is 2.16. The van der Waals surface area contributed by atoms with Gasteiger partial charge in [-0.15, -0.1) is 0 Å². The molecule has 0 radical (unpaired) electrons. The molecule has 2 N–H and O–H groups in total. The maximum absolute atomic E-state index is 11.4. The lowest BCUT2D eigenvalue weighted by Gasteiger charge is -2.16. The van der Waals surface area contributed by atoms with Gasteiger partial charge in [0, 0.05) is 24.7 Å². The van der Waals surface area contributed by atoms with Crippen molar-refractivity contribution in [2.24, 2.45) is 0 Å². The van der Waals surface area contributed by atoms with Crippen LogP contribution in [0.5, 0.6) is 5.75 Å². The zero-order chi connectivity index (χ0) is 12.1. The number of anilines is 1. The van der Waals surface area contributed by atoms with E-state index in [1.165, 1.54) is 0 Å². The number of ether oxygens (including phenoxy) is 1. The van der Waals surface area contributed by atoms with Crippen molar-refractivity contribution in [1.82, 2.24) is 5.32 Å². The molecule has 1 heterocycles. The minimum atomic E-state index is 0.133. The first-order valence-electron chi connectivity index (χ1n) is 5.95. The van der Waals surface area contributed by atoms with Crippen LogP contribution in [0.15, 0.2) is 24.3 Å². The summed E-state index contributed by atoms with van der Waals surface area (Å²) in [5, 5.41) is 6.27. The Kier molecular flexibility index (Phi) is 3.85. The molecule has 0 aliphatic carbocycles. The summed E-state index contributed by atoms with van der Waals surface area (Å²) in [6, 6.07) is 8.01. The Morgan fingerprint density at radius 3 is 2.82 bits per heavy atom. The predicted octanol–water partition coefficient (Wildman–Crippen LogP) is 1.78. The summed E-state index contributed by atoms with van der Waals surface area (Å²) in [5.41, 5.74) is 1.03. The van der Waals surface area contributed by atoms with Crippen molar-refractivity contribution in [2.75, 3.05) is 19.0 Å². The van der Waals surface area contributed by atoms with Crippen molar-refractivity contribution in [1.29, 1.82) is 0 Å². The highest BCUT2D eigenvalue weighted by Crippen LogP contribution is 2.18. The van der Waals surface area contributed by atoms with E-state index in [1.807, 2.05) is 24.3 Å². The summed E-state index contributed by atoms with van der Waals surface area (Å²) in [7, 11) is 1.65. The van der Waals surface area contributed by atoms with E-state index >= 15 is 0 Å². The first-order valence-corrected chi connectivity index (χ1v) is 5.95. The fourth-order valence-electron chi connectivity index (χ4n) is 2.02. The third kappa shape index (κ3) is 3.37. The van der Waals surface area contributed by atoms with Gasteiger partial charge in [-0.05, 0) is 37.1 Å². The Morgan fingerprint density at radius 1 is 1.35 bits per heavy atom. The monoisotopic (exact) mass is 234 g/mol. The molecule has 0 bridgehead atoms. The van der Waals surface area contributed by atoms with Gasteiger partial charge >= 0.3 is 0 Å². The molecule has 1 aliphatic rings. The zero-order valence-corrected chi connectivity index (χ0v) is 10.0. The smallest absolute Gasteiger partial charge is 0.222 e. The molecule has 1 saturated heterocycles. The van der Waals surface area contributed by atoms with Gasteiger partial charge in [-0.1, -0.05) is 0 Å². The van der Waals surface area contributed by atoms with E-state index in [9.17, 15) is 4.79 Å². The number of amides is 1. The van der Waals surface area contributed by atoms with Gasteiger partial charge in [0.15, 0.2) is 0 Å². The number of carbonyl (C=O) groups excluding carboxylic acids is 1. The summed E-state index contributed by atoms with van der Waals surface area (Å²) in [5.74, 6) is 0.975. The molecule has 0 spiro atoms.